The number of aliphatic imine (C=N–C) groups is 1. The molecule has 6 rings (SSSR count). The van der Waals surface area contributed by atoms with Crippen molar-refractivity contribution in [1.29, 1.82) is 0 Å². The van der Waals surface area contributed by atoms with Crippen LogP contribution in [0, 0.1) is 5.82 Å². The van der Waals surface area contributed by atoms with Crippen molar-refractivity contribution >= 4 is 57.4 Å². The molecule has 3 heterocycles. The van der Waals surface area contributed by atoms with Crippen LogP contribution in [0.5, 0.6) is 11.6 Å². The number of pyridine rings is 1. The maximum absolute atomic E-state index is 14.4. The summed E-state index contributed by atoms with van der Waals surface area (Å²) in [6.07, 6.45) is -0.519. The van der Waals surface area contributed by atoms with Crippen molar-refractivity contribution in [2.24, 2.45) is 4.99 Å². The molecule has 0 aliphatic carbocycles. The zero-order valence-electron chi connectivity index (χ0n) is 24.7. The molecular formula is C33H27Cl2FN6O4. The van der Waals surface area contributed by atoms with Crippen LogP contribution >= 0.6 is 23.2 Å². The normalized spacial score (nSPS) is 14.2. The Morgan fingerprint density at radius 1 is 1.07 bits per heavy atom. The molecule has 2 amide bonds. The van der Waals surface area contributed by atoms with E-state index in [4.69, 9.17) is 32.7 Å². The molecule has 13 heteroatoms. The number of nitrogens with one attached hydrogen (secondary N) is 2. The van der Waals surface area contributed by atoms with Gasteiger partial charge in [0.1, 0.15) is 29.6 Å². The van der Waals surface area contributed by atoms with Crippen molar-refractivity contribution in [1.82, 2.24) is 19.9 Å². The summed E-state index contributed by atoms with van der Waals surface area (Å²) in [6, 6.07) is 18.7. The van der Waals surface area contributed by atoms with Crippen LogP contribution in [0.3, 0.4) is 0 Å². The lowest BCUT2D eigenvalue weighted by Crippen LogP contribution is -2.42. The van der Waals surface area contributed by atoms with Gasteiger partial charge in [-0.3, -0.25) is 9.59 Å². The van der Waals surface area contributed by atoms with Crippen molar-refractivity contribution < 1.29 is 23.5 Å². The summed E-state index contributed by atoms with van der Waals surface area (Å²) in [5.41, 5.74) is 3.11. The minimum absolute atomic E-state index is 0.0434. The number of benzene rings is 3. The first-order chi connectivity index (χ1) is 22.3. The summed E-state index contributed by atoms with van der Waals surface area (Å²) in [5, 5.41) is 5.97. The Labute approximate surface area is 273 Å². The minimum atomic E-state index is -1.46. The van der Waals surface area contributed by atoms with Gasteiger partial charge in [-0.2, -0.15) is 0 Å². The molecule has 46 heavy (non-hydrogen) atoms. The van der Waals surface area contributed by atoms with Crippen LogP contribution in [-0.2, 0) is 17.9 Å². The van der Waals surface area contributed by atoms with Gasteiger partial charge in [0.05, 0.1) is 45.8 Å². The number of hydrogen-bond donors (Lipinski definition) is 2. The van der Waals surface area contributed by atoms with Crippen molar-refractivity contribution in [2.45, 2.75) is 33.2 Å². The molecule has 0 spiro atoms. The summed E-state index contributed by atoms with van der Waals surface area (Å²) in [6.45, 7) is 4.68. The van der Waals surface area contributed by atoms with E-state index in [-0.39, 0.29) is 28.8 Å². The lowest BCUT2D eigenvalue weighted by molar-refractivity contribution is -0.117. The van der Waals surface area contributed by atoms with Crippen LogP contribution in [0.2, 0.25) is 10.0 Å². The zero-order chi connectivity index (χ0) is 32.4. The molecule has 0 bridgehead atoms. The summed E-state index contributed by atoms with van der Waals surface area (Å²) in [5.74, 6) is -1.45. The van der Waals surface area contributed by atoms with E-state index in [9.17, 15) is 14.0 Å². The number of fused-ring (bicyclic) bond motifs is 2. The quantitative estimate of drug-likeness (QED) is 0.188. The first-order valence-corrected chi connectivity index (χ1v) is 15.2. The van der Waals surface area contributed by atoms with Crippen molar-refractivity contribution in [2.75, 3.05) is 11.9 Å². The fraction of sp³-hybridized carbons (Fsp3) is 0.182. The Bertz CT molecular complexity index is 2010. The molecule has 2 N–H and O–H groups in total. The van der Waals surface area contributed by atoms with Gasteiger partial charge in [-0.15, -0.1) is 0 Å². The van der Waals surface area contributed by atoms with E-state index in [1.54, 1.807) is 37.3 Å². The zero-order valence-corrected chi connectivity index (χ0v) is 26.2. The number of aromatic nitrogens is 3. The molecule has 5 aromatic rings. The average Bonchev–Trinajstić information content (AvgIpc) is 3.34. The van der Waals surface area contributed by atoms with Gasteiger partial charge in [0, 0.05) is 17.1 Å². The maximum atomic E-state index is 14.4. The number of hydrogen-bond acceptors (Lipinski definition) is 7. The first kappa shape index (κ1) is 31.0. The van der Waals surface area contributed by atoms with Crippen LogP contribution in [0.4, 0.5) is 10.1 Å². The van der Waals surface area contributed by atoms with Crippen LogP contribution in [-0.4, -0.2) is 44.8 Å². The standard InChI is InChI=1S/C33H27Cl2FN6O4/c1-3-42-25-12-8-7-11-24(25)38-27(42)17-46-33-21(15-19(36)16-37-33)31(43)41-30-32(44)39-23-10-6-5-9-20(23)29(40-30)28-22(35)13-18(34)14-26(28)45-4-2/h5-16,30H,3-4,17H2,1-2H3,(H,39,44)(H,41,43). The predicted octanol–water partition coefficient (Wildman–Crippen LogP) is 6.42. The van der Waals surface area contributed by atoms with Gasteiger partial charge in [0.25, 0.3) is 11.8 Å². The summed E-state index contributed by atoms with van der Waals surface area (Å²) < 4.78 is 28.2. The SMILES string of the molecule is CCOc1cc(Cl)cc(Cl)c1C1=NC(NC(=O)c2cc(F)cnc2OCc2nc3ccccc3n2CC)C(=O)Nc2ccccc21. The smallest absolute Gasteiger partial charge is 0.269 e. The number of imidazole rings is 1. The fourth-order valence-corrected chi connectivity index (χ4v) is 5.80. The molecule has 1 aliphatic rings. The van der Waals surface area contributed by atoms with E-state index in [2.05, 4.69) is 25.6 Å². The predicted molar refractivity (Wildman–Crippen MR) is 174 cm³/mol. The van der Waals surface area contributed by atoms with E-state index >= 15 is 0 Å². The Kier molecular flexibility index (Phi) is 8.87. The van der Waals surface area contributed by atoms with Gasteiger partial charge in [0.2, 0.25) is 12.0 Å². The number of rotatable bonds is 9. The maximum Gasteiger partial charge on any atom is 0.269 e. The molecule has 0 saturated carbocycles. The van der Waals surface area contributed by atoms with E-state index in [0.29, 0.717) is 46.6 Å². The third-order valence-electron chi connectivity index (χ3n) is 7.22. The Balaban J connectivity index is 1.35. The average molecular weight is 662 g/mol. The van der Waals surface area contributed by atoms with Crippen LogP contribution < -0.4 is 20.1 Å². The molecule has 1 unspecified atom stereocenters. The highest BCUT2D eigenvalue weighted by molar-refractivity contribution is 6.39. The van der Waals surface area contributed by atoms with Crippen molar-refractivity contribution in [3.8, 4) is 11.6 Å². The number of ether oxygens (including phenoxy) is 2. The molecule has 234 valence electrons. The minimum Gasteiger partial charge on any atom is -0.493 e. The van der Waals surface area contributed by atoms with Gasteiger partial charge < -0.3 is 24.7 Å². The Morgan fingerprint density at radius 2 is 1.85 bits per heavy atom. The molecule has 2 aromatic heterocycles. The number of carbonyl (C=O) groups is 2. The molecule has 1 atom stereocenters. The van der Waals surface area contributed by atoms with Crippen LogP contribution in [0.25, 0.3) is 11.0 Å². The van der Waals surface area contributed by atoms with E-state index in [0.717, 1.165) is 23.3 Å². The number of carbonyl (C=O) groups excluding carboxylic acids is 2. The fourth-order valence-electron chi connectivity index (χ4n) is 5.23. The lowest BCUT2D eigenvalue weighted by atomic mass is 9.99. The number of halogens is 3. The van der Waals surface area contributed by atoms with Gasteiger partial charge in [-0.05, 0) is 50.2 Å². The number of nitrogens with zero attached hydrogens (tertiary/aromatic N) is 4. The van der Waals surface area contributed by atoms with Gasteiger partial charge >= 0.3 is 0 Å². The summed E-state index contributed by atoms with van der Waals surface area (Å²) in [4.78, 5) is 40.4. The number of anilines is 1. The molecule has 3 aromatic carbocycles. The lowest BCUT2D eigenvalue weighted by Gasteiger charge is -2.17. The highest BCUT2D eigenvalue weighted by atomic mass is 35.5. The van der Waals surface area contributed by atoms with Crippen LogP contribution in [0.1, 0.15) is 41.2 Å². The topological polar surface area (TPSA) is 120 Å². The number of amides is 2. The number of aryl methyl sites for hydroxylation is 1. The van der Waals surface area contributed by atoms with E-state index < -0.39 is 23.8 Å². The molecule has 10 nitrogen and oxygen atoms in total. The van der Waals surface area contributed by atoms with Gasteiger partial charge in [-0.1, -0.05) is 53.5 Å². The number of para-hydroxylation sites is 3. The first-order valence-electron chi connectivity index (χ1n) is 14.4. The van der Waals surface area contributed by atoms with E-state index in [1.807, 2.05) is 35.8 Å². The monoisotopic (exact) mass is 660 g/mol. The largest absolute Gasteiger partial charge is 0.493 e. The Hall–Kier alpha value is -5.00. The van der Waals surface area contributed by atoms with Crippen molar-refractivity contribution in [3.05, 3.63) is 111 Å². The highest BCUT2D eigenvalue weighted by Gasteiger charge is 2.31. The van der Waals surface area contributed by atoms with Crippen LogP contribution in [0.15, 0.2) is 77.9 Å². The van der Waals surface area contributed by atoms with E-state index in [1.165, 1.54) is 6.07 Å². The Morgan fingerprint density at radius 3 is 2.65 bits per heavy atom. The highest BCUT2D eigenvalue weighted by Crippen LogP contribution is 2.36. The third-order valence-corrected chi connectivity index (χ3v) is 7.74. The molecule has 1 aliphatic heterocycles. The molecular weight excluding hydrogens is 634 g/mol. The second-order valence-electron chi connectivity index (χ2n) is 10.1. The number of benzodiazepines with no additional fused rings is 1. The molecule has 0 radical (unpaired) electrons. The summed E-state index contributed by atoms with van der Waals surface area (Å²) >= 11 is 12.9. The molecule has 0 saturated heterocycles. The second-order valence-corrected chi connectivity index (χ2v) is 11.0. The van der Waals surface area contributed by atoms with Gasteiger partial charge in [0.15, 0.2) is 0 Å². The second kappa shape index (κ2) is 13.2. The summed E-state index contributed by atoms with van der Waals surface area (Å²) in [7, 11) is 0. The third kappa shape index (κ3) is 6.11. The molecule has 0 fully saturated rings. The van der Waals surface area contributed by atoms with Crippen molar-refractivity contribution in [3.63, 3.8) is 0 Å². The van der Waals surface area contributed by atoms with Gasteiger partial charge in [-0.25, -0.2) is 19.4 Å².